The van der Waals surface area contributed by atoms with Crippen LogP contribution in [0, 0.1) is 5.92 Å². The van der Waals surface area contributed by atoms with Crippen molar-refractivity contribution in [1.29, 1.82) is 0 Å². The molecule has 3 aromatic carbocycles. The van der Waals surface area contributed by atoms with Gasteiger partial charge < -0.3 is 19.5 Å². The molecule has 4 rings (SSSR count). The summed E-state index contributed by atoms with van der Waals surface area (Å²) in [5.41, 5.74) is 3.12. The molecule has 8 nitrogen and oxygen atoms in total. The fourth-order valence-electron chi connectivity index (χ4n) is 4.84. The molecule has 0 saturated heterocycles. The number of nitrogens with zero attached hydrogens (tertiary/aromatic N) is 2. The zero-order valence-corrected chi connectivity index (χ0v) is 23.6. The van der Waals surface area contributed by atoms with Gasteiger partial charge in [-0.1, -0.05) is 55.5 Å². The van der Waals surface area contributed by atoms with Crippen LogP contribution in [0.15, 0.2) is 77.7 Å². The monoisotopic (exact) mass is 552 g/mol. The molecule has 0 bridgehead atoms. The van der Waals surface area contributed by atoms with E-state index in [4.69, 9.17) is 9.47 Å². The van der Waals surface area contributed by atoms with Gasteiger partial charge in [0, 0.05) is 37.7 Å². The topological polar surface area (TPSA) is 96.4 Å². The van der Waals surface area contributed by atoms with Gasteiger partial charge in [0.25, 0.3) is 5.91 Å². The minimum atomic E-state index is -3.84. The van der Waals surface area contributed by atoms with Gasteiger partial charge in [0.15, 0.2) is 0 Å². The Kier molecular flexibility index (Phi) is 9.07. The maximum Gasteiger partial charge on any atom is 0.254 e. The number of amides is 1. The lowest BCUT2D eigenvalue weighted by atomic mass is 9.94. The summed E-state index contributed by atoms with van der Waals surface area (Å²) in [7, 11) is -0.819. The van der Waals surface area contributed by atoms with E-state index in [1.807, 2.05) is 49.4 Å². The number of benzene rings is 3. The van der Waals surface area contributed by atoms with E-state index in [2.05, 4.69) is 0 Å². The second-order valence-corrected chi connectivity index (χ2v) is 12.0. The molecule has 1 aliphatic heterocycles. The Bertz CT molecular complexity index is 1410. The third-order valence-corrected chi connectivity index (χ3v) is 9.10. The van der Waals surface area contributed by atoms with Crippen LogP contribution in [0.2, 0.25) is 0 Å². The molecule has 1 aliphatic rings. The molecule has 0 unspecified atom stereocenters. The molecule has 0 fully saturated rings. The van der Waals surface area contributed by atoms with Crippen molar-refractivity contribution in [3.63, 3.8) is 0 Å². The molecule has 0 aromatic heterocycles. The van der Waals surface area contributed by atoms with Crippen LogP contribution in [0.3, 0.4) is 0 Å². The standard InChI is InChI=1S/C30H36N2O6S/c1-21-17-32(22(2)19-33)30(34)28-15-8-7-14-27(28)26-13-6-5-10-23(26)20-38-29(21)18-31(3)39(35,36)25-12-9-11-24(16-25)37-4/h5-16,21-22,29,33H,17-20H2,1-4H3/t21-,22-,29+/m1/s1. The molecule has 1 N–H and O–H groups in total. The van der Waals surface area contributed by atoms with Crippen LogP contribution in [-0.4, -0.2) is 74.6 Å². The first-order valence-corrected chi connectivity index (χ1v) is 14.4. The number of methoxy groups -OCH3 is 1. The number of rotatable bonds is 7. The smallest absolute Gasteiger partial charge is 0.254 e. The lowest BCUT2D eigenvalue weighted by molar-refractivity contribution is -0.0146. The normalized spacial score (nSPS) is 19.1. The molecular weight excluding hydrogens is 516 g/mol. The molecule has 0 aliphatic carbocycles. The van der Waals surface area contributed by atoms with Crippen molar-refractivity contribution in [2.24, 2.45) is 5.92 Å². The first kappa shape index (κ1) is 28.8. The number of ether oxygens (including phenoxy) is 2. The van der Waals surface area contributed by atoms with E-state index in [1.165, 1.54) is 30.6 Å². The zero-order valence-electron chi connectivity index (χ0n) is 22.8. The van der Waals surface area contributed by atoms with Gasteiger partial charge in [-0.2, -0.15) is 4.31 Å². The first-order valence-electron chi connectivity index (χ1n) is 13.0. The summed E-state index contributed by atoms with van der Waals surface area (Å²) < 4.78 is 39.8. The highest BCUT2D eigenvalue weighted by molar-refractivity contribution is 7.89. The molecule has 1 heterocycles. The Morgan fingerprint density at radius 3 is 2.41 bits per heavy atom. The van der Waals surface area contributed by atoms with Crippen molar-refractivity contribution in [3.8, 4) is 16.9 Å². The van der Waals surface area contributed by atoms with Crippen molar-refractivity contribution in [3.05, 3.63) is 83.9 Å². The predicted molar refractivity (Wildman–Crippen MR) is 150 cm³/mol. The van der Waals surface area contributed by atoms with E-state index in [-0.39, 0.29) is 43.0 Å². The second kappa shape index (κ2) is 12.3. The van der Waals surface area contributed by atoms with Gasteiger partial charge in [-0.3, -0.25) is 4.79 Å². The van der Waals surface area contributed by atoms with Crippen molar-refractivity contribution < 1.29 is 27.8 Å². The Labute approximate surface area is 230 Å². The molecule has 3 atom stereocenters. The van der Waals surface area contributed by atoms with E-state index < -0.39 is 22.2 Å². The number of aliphatic hydroxyl groups excluding tert-OH is 1. The van der Waals surface area contributed by atoms with E-state index in [1.54, 1.807) is 30.0 Å². The number of likely N-dealkylation sites (N-methyl/N-ethyl adjacent to an activating group) is 1. The van der Waals surface area contributed by atoms with Crippen molar-refractivity contribution in [1.82, 2.24) is 9.21 Å². The summed E-state index contributed by atoms with van der Waals surface area (Å²) in [6.07, 6.45) is -0.536. The van der Waals surface area contributed by atoms with E-state index in [9.17, 15) is 18.3 Å². The predicted octanol–water partition coefficient (Wildman–Crippen LogP) is 4.04. The summed E-state index contributed by atoms with van der Waals surface area (Å²) in [6.45, 7) is 4.14. The average Bonchev–Trinajstić information content (AvgIpc) is 2.98. The number of hydrogen-bond acceptors (Lipinski definition) is 6. The quantitative estimate of drug-likeness (QED) is 0.475. The fraction of sp³-hybridized carbons (Fsp3) is 0.367. The van der Waals surface area contributed by atoms with Gasteiger partial charge in [0.1, 0.15) is 5.75 Å². The highest BCUT2D eigenvalue weighted by atomic mass is 32.2. The van der Waals surface area contributed by atoms with Crippen LogP contribution in [0.5, 0.6) is 5.75 Å². The maximum absolute atomic E-state index is 13.9. The fourth-order valence-corrected chi connectivity index (χ4v) is 6.06. The van der Waals surface area contributed by atoms with Crippen LogP contribution >= 0.6 is 0 Å². The third kappa shape index (κ3) is 6.17. The minimum Gasteiger partial charge on any atom is -0.497 e. The van der Waals surface area contributed by atoms with Gasteiger partial charge in [-0.25, -0.2) is 8.42 Å². The summed E-state index contributed by atoms with van der Waals surface area (Å²) in [5, 5.41) is 10.0. The molecule has 39 heavy (non-hydrogen) atoms. The van der Waals surface area contributed by atoms with E-state index in [0.717, 1.165) is 16.7 Å². The van der Waals surface area contributed by atoms with Crippen molar-refractivity contribution in [2.75, 3.05) is 33.9 Å². The minimum absolute atomic E-state index is 0.0748. The van der Waals surface area contributed by atoms with Crippen LogP contribution < -0.4 is 4.74 Å². The number of sulfonamides is 1. The molecule has 0 saturated carbocycles. The highest BCUT2D eigenvalue weighted by Crippen LogP contribution is 2.31. The van der Waals surface area contributed by atoms with Gasteiger partial charge in [0.05, 0.1) is 37.4 Å². The third-order valence-electron chi connectivity index (χ3n) is 7.28. The van der Waals surface area contributed by atoms with Crippen LogP contribution in [0.25, 0.3) is 11.1 Å². The van der Waals surface area contributed by atoms with E-state index >= 15 is 0 Å². The largest absolute Gasteiger partial charge is 0.497 e. The average molecular weight is 553 g/mol. The Hall–Kier alpha value is -3.24. The highest BCUT2D eigenvalue weighted by Gasteiger charge is 2.32. The molecule has 1 amide bonds. The number of hydrogen-bond donors (Lipinski definition) is 1. The second-order valence-electron chi connectivity index (χ2n) is 9.98. The van der Waals surface area contributed by atoms with Crippen LogP contribution in [0.1, 0.15) is 29.8 Å². The lowest BCUT2D eigenvalue weighted by Crippen LogP contribution is -2.47. The Balaban J connectivity index is 1.72. The van der Waals surface area contributed by atoms with E-state index in [0.29, 0.717) is 11.3 Å². The SMILES string of the molecule is COc1cccc(S(=O)(=O)N(C)C[C@@H]2OCc3ccccc3-c3ccccc3C(=O)N([C@H](C)CO)C[C@H]2C)c1. The molecule has 0 spiro atoms. The first-order chi connectivity index (χ1) is 18.7. The lowest BCUT2D eigenvalue weighted by Gasteiger charge is -2.35. The summed E-state index contributed by atoms with van der Waals surface area (Å²) in [4.78, 5) is 15.7. The van der Waals surface area contributed by atoms with Gasteiger partial charge >= 0.3 is 0 Å². The van der Waals surface area contributed by atoms with Crippen molar-refractivity contribution in [2.45, 2.75) is 37.5 Å². The summed E-state index contributed by atoms with van der Waals surface area (Å²) in [6, 6.07) is 21.1. The number of aliphatic hydroxyl groups is 1. The molecule has 0 radical (unpaired) electrons. The van der Waals surface area contributed by atoms with Gasteiger partial charge in [0.2, 0.25) is 10.0 Å². The van der Waals surface area contributed by atoms with Crippen molar-refractivity contribution >= 4 is 15.9 Å². The number of carbonyl (C=O) groups is 1. The number of carbonyl (C=O) groups excluding carboxylic acids is 1. The molecule has 3 aromatic rings. The number of fused-ring (bicyclic) bond motifs is 3. The van der Waals surface area contributed by atoms with Gasteiger partial charge in [-0.15, -0.1) is 0 Å². The Morgan fingerprint density at radius 2 is 1.72 bits per heavy atom. The molecular formula is C30H36N2O6S. The maximum atomic E-state index is 13.9. The zero-order chi connectivity index (χ0) is 28.2. The Morgan fingerprint density at radius 1 is 1.05 bits per heavy atom. The summed E-state index contributed by atoms with van der Waals surface area (Å²) in [5.74, 6) is 0.0162. The molecule has 208 valence electrons. The van der Waals surface area contributed by atoms with Crippen LogP contribution in [0.4, 0.5) is 0 Å². The van der Waals surface area contributed by atoms with Gasteiger partial charge in [-0.05, 0) is 41.8 Å². The summed E-state index contributed by atoms with van der Waals surface area (Å²) >= 11 is 0. The molecule has 9 heteroatoms. The van der Waals surface area contributed by atoms with Crippen LogP contribution in [-0.2, 0) is 21.4 Å².